The number of amides is 2. The van der Waals surface area contributed by atoms with Crippen LogP contribution in [0.3, 0.4) is 0 Å². The summed E-state index contributed by atoms with van der Waals surface area (Å²) >= 11 is 6.65. The van der Waals surface area contributed by atoms with Gasteiger partial charge in [-0.3, -0.25) is 20.0 Å². The van der Waals surface area contributed by atoms with E-state index in [0.717, 1.165) is 22.7 Å². The van der Waals surface area contributed by atoms with Crippen molar-refractivity contribution < 1.29 is 32.6 Å². The molecule has 54 heavy (non-hydrogen) atoms. The van der Waals surface area contributed by atoms with Gasteiger partial charge in [0.05, 0.1) is 24.5 Å². The molecule has 280 valence electrons. The van der Waals surface area contributed by atoms with Gasteiger partial charge in [-0.1, -0.05) is 87.0 Å². The van der Waals surface area contributed by atoms with E-state index in [1.165, 1.54) is 18.3 Å². The average Bonchev–Trinajstić information content (AvgIpc) is 3.73. The number of aromatic nitrogens is 3. The molecule has 0 unspecified atom stereocenters. The van der Waals surface area contributed by atoms with Crippen LogP contribution in [0.15, 0.2) is 102 Å². The van der Waals surface area contributed by atoms with Gasteiger partial charge in [-0.25, -0.2) is 18.9 Å². The first-order chi connectivity index (χ1) is 25.7. The van der Waals surface area contributed by atoms with Crippen molar-refractivity contribution in [3.63, 3.8) is 0 Å². The third-order valence-electron chi connectivity index (χ3n) is 8.98. The SMILES string of the molecule is Cc1cccnc1-c1cc([C@@H](CO)N2C(=O)[C@@](CC(C)(C)C)(c3ccc(-c4cnn(C(F)F)c4)cc3F)N=C2NC(=O)OCc2ccccc2)ccc1Cl. The van der Waals surface area contributed by atoms with Crippen LogP contribution in [0.25, 0.3) is 22.4 Å². The number of halogens is 4. The summed E-state index contributed by atoms with van der Waals surface area (Å²) < 4.78 is 49.0. The van der Waals surface area contributed by atoms with Gasteiger partial charge in [-0.15, -0.1) is 0 Å². The molecule has 2 amide bonds. The van der Waals surface area contributed by atoms with Crippen LogP contribution in [0.4, 0.5) is 18.0 Å². The van der Waals surface area contributed by atoms with Gasteiger partial charge in [-0.05, 0) is 65.3 Å². The number of guanidine groups is 1. The Labute approximate surface area is 315 Å². The van der Waals surface area contributed by atoms with E-state index in [4.69, 9.17) is 21.3 Å². The lowest BCUT2D eigenvalue weighted by Crippen LogP contribution is -2.49. The number of pyridine rings is 1. The molecule has 2 N–H and O–H groups in total. The Hall–Kier alpha value is -5.53. The van der Waals surface area contributed by atoms with Crippen LogP contribution >= 0.6 is 11.6 Å². The molecule has 0 bridgehead atoms. The number of nitrogens with one attached hydrogen (secondary N) is 1. The van der Waals surface area contributed by atoms with Crippen LogP contribution in [0, 0.1) is 18.2 Å². The van der Waals surface area contributed by atoms with Crippen molar-refractivity contribution in [1.82, 2.24) is 25.0 Å². The van der Waals surface area contributed by atoms with E-state index in [-0.39, 0.29) is 35.7 Å². The number of aryl methyl sites for hydroxylation is 1. The number of rotatable bonds is 10. The average molecular weight is 759 g/mol. The lowest BCUT2D eigenvalue weighted by Gasteiger charge is -2.35. The summed E-state index contributed by atoms with van der Waals surface area (Å²) in [5.41, 5.74) is 0.886. The minimum absolute atomic E-state index is 0.0314. The summed E-state index contributed by atoms with van der Waals surface area (Å²) in [5.74, 6) is -1.84. The molecule has 6 rings (SSSR count). The minimum Gasteiger partial charge on any atom is -0.444 e. The number of carbonyl (C=O) groups excluding carboxylic acids is 2. The Balaban J connectivity index is 1.46. The molecule has 0 aliphatic carbocycles. The lowest BCUT2D eigenvalue weighted by molar-refractivity contribution is -0.135. The molecule has 0 saturated carbocycles. The number of hydrogen-bond acceptors (Lipinski definition) is 7. The van der Waals surface area contributed by atoms with E-state index in [2.05, 4.69) is 15.4 Å². The second-order valence-corrected chi connectivity index (χ2v) is 14.6. The van der Waals surface area contributed by atoms with Crippen molar-refractivity contribution in [2.24, 2.45) is 10.4 Å². The van der Waals surface area contributed by atoms with Crippen molar-refractivity contribution in [2.75, 3.05) is 6.61 Å². The van der Waals surface area contributed by atoms with E-state index < -0.39 is 48.0 Å². The Morgan fingerprint density at radius 1 is 1.04 bits per heavy atom. The lowest BCUT2D eigenvalue weighted by atomic mass is 9.75. The van der Waals surface area contributed by atoms with Gasteiger partial charge in [0, 0.05) is 34.1 Å². The maximum atomic E-state index is 16.5. The van der Waals surface area contributed by atoms with Crippen LogP contribution in [0.5, 0.6) is 0 Å². The van der Waals surface area contributed by atoms with Gasteiger partial charge >= 0.3 is 12.6 Å². The largest absolute Gasteiger partial charge is 0.444 e. The second-order valence-electron chi connectivity index (χ2n) is 14.2. The standard InChI is InChI=1S/C40H38ClF3N6O4/c1-24-9-8-16-45-34(24)29-17-27(13-15-31(29)41)33(21-51)50-35(52)40(23-39(2,3)4,48-37(50)47-38(53)54-22-25-10-6-5-7-11-25)30-14-12-26(18-32(30)42)28-19-46-49(20-28)36(43)44/h5-20,33,36,51H,21-23H2,1-4H3,(H,47,48,53)/t33-,40-/m1/s1. The summed E-state index contributed by atoms with van der Waals surface area (Å²) in [7, 11) is 0. The third-order valence-corrected chi connectivity index (χ3v) is 9.31. The van der Waals surface area contributed by atoms with Crippen LogP contribution in [-0.4, -0.2) is 49.3 Å². The van der Waals surface area contributed by atoms with Gasteiger partial charge in [0.1, 0.15) is 12.4 Å². The molecule has 14 heteroatoms. The van der Waals surface area contributed by atoms with Crippen molar-refractivity contribution in [1.29, 1.82) is 0 Å². The Kier molecular flexibility index (Phi) is 10.9. The Morgan fingerprint density at radius 3 is 2.44 bits per heavy atom. The minimum atomic E-state index is -2.89. The van der Waals surface area contributed by atoms with Crippen molar-refractivity contribution in [2.45, 2.75) is 58.9 Å². The number of ether oxygens (including phenoxy) is 1. The maximum Gasteiger partial charge on any atom is 0.414 e. The highest BCUT2D eigenvalue weighted by atomic mass is 35.5. The quantitative estimate of drug-likeness (QED) is 0.147. The summed E-state index contributed by atoms with van der Waals surface area (Å²) in [6, 6.07) is 20.5. The smallest absolute Gasteiger partial charge is 0.414 e. The van der Waals surface area contributed by atoms with E-state index in [9.17, 15) is 18.7 Å². The molecule has 0 radical (unpaired) electrons. The summed E-state index contributed by atoms with van der Waals surface area (Å²) in [5, 5.41) is 17.6. The number of aliphatic imine (C=N–C) groups is 1. The first-order valence-corrected chi connectivity index (χ1v) is 17.4. The molecule has 5 aromatic rings. The molecular weight excluding hydrogens is 721 g/mol. The highest BCUT2D eigenvalue weighted by Crippen LogP contribution is 2.46. The van der Waals surface area contributed by atoms with Crippen molar-refractivity contribution in [3.8, 4) is 22.4 Å². The number of benzene rings is 3. The number of aliphatic hydroxyl groups excluding tert-OH is 1. The zero-order valence-corrected chi connectivity index (χ0v) is 30.7. The van der Waals surface area contributed by atoms with E-state index >= 15 is 9.18 Å². The third kappa shape index (κ3) is 7.87. The fourth-order valence-electron chi connectivity index (χ4n) is 6.62. The molecule has 1 aliphatic heterocycles. The van der Waals surface area contributed by atoms with E-state index in [1.54, 1.807) is 54.7 Å². The van der Waals surface area contributed by atoms with Gasteiger partial charge in [-0.2, -0.15) is 13.9 Å². The zero-order valence-electron chi connectivity index (χ0n) is 29.9. The monoisotopic (exact) mass is 758 g/mol. The van der Waals surface area contributed by atoms with Crippen molar-refractivity contribution in [3.05, 3.63) is 131 Å². The maximum absolute atomic E-state index is 16.5. The summed E-state index contributed by atoms with van der Waals surface area (Å²) in [6.07, 6.45) is 2.93. The van der Waals surface area contributed by atoms with E-state index in [0.29, 0.717) is 32.1 Å². The zero-order chi connectivity index (χ0) is 38.8. The number of alkyl carbamates (subject to hydrolysis) is 1. The number of aliphatic hydroxyl groups is 1. The number of hydrogen-bond donors (Lipinski definition) is 2. The molecule has 2 aromatic heterocycles. The van der Waals surface area contributed by atoms with E-state index in [1.807, 2.05) is 39.8 Å². The molecule has 1 aliphatic rings. The van der Waals surface area contributed by atoms with Crippen LogP contribution in [0.2, 0.25) is 5.02 Å². The highest BCUT2D eigenvalue weighted by Gasteiger charge is 2.55. The molecule has 2 atom stereocenters. The van der Waals surface area contributed by atoms with Gasteiger partial charge in [0.2, 0.25) is 5.96 Å². The molecule has 10 nitrogen and oxygen atoms in total. The first kappa shape index (κ1) is 38.2. The molecule has 0 fully saturated rings. The molecular formula is C40H38ClF3N6O4. The Morgan fingerprint density at radius 2 is 1.80 bits per heavy atom. The van der Waals surface area contributed by atoms with Crippen LogP contribution in [-0.2, 0) is 21.7 Å². The summed E-state index contributed by atoms with van der Waals surface area (Å²) in [6.45, 7) is 3.84. The van der Waals surface area contributed by atoms with Crippen LogP contribution < -0.4 is 5.32 Å². The number of alkyl halides is 2. The summed E-state index contributed by atoms with van der Waals surface area (Å²) in [4.78, 5) is 38.9. The van der Waals surface area contributed by atoms with Crippen LogP contribution in [0.1, 0.15) is 62.0 Å². The molecule has 0 spiro atoms. The molecule has 3 aromatic carbocycles. The normalized spacial score (nSPS) is 16.4. The van der Waals surface area contributed by atoms with Gasteiger partial charge in [0.25, 0.3) is 5.91 Å². The topological polar surface area (TPSA) is 122 Å². The number of nitrogens with zero attached hydrogens (tertiary/aromatic N) is 5. The Bertz CT molecular complexity index is 2210. The fraction of sp³-hybridized carbons (Fsp3) is 0.275. The highest BCUT2D eigenvalue weighted by molar-refractivity contribution is 6.33. The molecule has 3 heterocycles. The predicted molar refractivity (Wildman–Crippen MR) is 198 cm³/mol. The predicted octanol–water partition coefficient (Wildman–Crippen LogP) is 8.60. The molecule has 0 saturated heterocycles. The number of carbonyl (C=O) groups is 2. The van der Waals surface area contributed by atoms with Gasteiger partial charge in [0.15, 0.2) is 5.54 Å². The first-order valence-electron chi connectivity index (χ1n) is 17.1. The second kappa shape index (κ2) is 15.4. The fourth-order valence-corrected chi connectivity index (χ4v) is 6.83. The van der Waals surface area contributed by atoms with Crippen molar-refractivity contribution >= 4 is 29.6 Å². The van der Waals surface area contributed by atoms with Gasteiger partial charge < -0.3 is 9.84 Å².